The first kappa shape index (κ1) is 13.0. The first-order valence-electron chi connectivity index (χ1n) is 4.96. The van der Waals surface area contributed by atoms with Gasteiger partial charge in [-0.3, -0.25) is 4.79 Å². The molecule has 0 bridgehead atoms. The monoisotopic (exact) mass is 198 g/mol. The van der Waals surface area contributed by atoms with Crippen LogP contribution in [0.2, 0.25) is 0 Å². The number of aliphatic carboxylic acids is 1. The molecule has 0 atom stereocenters. The smallest absolute Gasteiger partial charge is 0.303 e. The molecule has 0 saturated heterocycles. The SMILES string of the molecule is C#CC1(O)CCCCC1.CCC(=O)O. The zero-order chi connectivity index (χ0) is 11.0. The Kier molecular flexibility index (Phi) is 5.98. The Hall–Kier alpha value is -1.01. The maximum atomic E-state index is 9.44. The highest BCUT2D eigenvalue weighted by Crippen LogP contribution is 2.26. The standard InChI is InChI=1S/C8H12O.C3H6O2/c1-2-8(9)6-4-3-5-7-8;1-2-3(4)5/h1,9H,3-7H2;2H2,1H3,(H,4,5). The fraction of sp³-hybridized carbons (Fsp3) is 0.727. The molecule has 1 fully saturated rings. The van der Waals surface area contributed by atoms with Gasteiger partial charge in [0.25, 0.3) is 0 Å². The molecule has 0 aromatic rings. The van der Waals surface area contributed by atoms with Gasteiger partial charge in [-0.05, 0) is 25.7 Å². The van der Waals surface area contributed by atoms with Crippen LogP contribution in [0, 0.1) is 12.3 Å². The zero-order valence-electron chi connectivity index (χ0n) is 8.62. The Morgan fingerprint density at radius 1 is 1.43 bits per heavy atom. The van der Waals surface area contributed by atoms with Crippen LogP contribution in [0.1, 0.15) is 45.4 Å². The molecule has 0 aromatic carbocycles. The van der Waals surface area contributed by atoms with E-state index in [4.69, 9.17) is 11.5 Å². The summed E-state index contributed by atoms with van der Waals surface area (Å²) < 4.78 is 0. The summed E-state index contributed by atoms with van der Waals surface area (Å²) in [6.07, 6.45) is 10.3. The van der Waals surface area contributed by atoms with Gasteiger partial charge in [0.05, 0.1) is 0 Å². The molecule has 0 unspecified atom stereocenters. The van der Waals surface area contributed by atoms with E-state index in [2.05, 4.69) is 5.92 Å². The van der Waals surface area contributed by atoms with Gasteiger partial charge in [-0.15, -0.1) is 6.42 Å². The number of carboxylic acids is 1. The molecule has 2 N–H and O–H groups in total. The van der Waals surface area contributed by atoms with E-state index in [1.807, 2.05) is 0 Å². The Morgan fingerprint density at radius 3 is 2.07 bits per heavy atom. The van der Waals surface area contributed by atoms with Gasteiger partial charge in [0.1, 0.15) is 5.60 Å². The highest BCUT2D eigenvalue weighted by molar-refractivity contribution is 5.66. The van der Waals surface area contributed by atoms with Gasteiger partial charge in [0, 0.05) is 6.42 Å². The molecule has 1 saturated carbocycles. The summed E-state index contributed by atoms with van der Waals surface area (Å²) in [7, 11) is 0. The number of hydrogen-bond acceptors (Lipinski definition) is 2. The lowest BCUT2D eigenvalue weighted by molar-refractivity contribution is -0.136. The summed E-state index contributed by atoms with van der Waals surface area (Å²) in [4.78, 5) is 9.37. The molecule has 0 aliphatic heterocycles. The molecule has 3 heteroatoms. The quantitative estimate of drug-likeness (QED) is 0.631. The maximum Gasteiger partial charge on any atom is 0.303 e. The normalized spacial score (nSPS) is 18.6. The van der Waals surface area contributed by atoms with Crippen LogP contribution in [-0.4, -0.2) is 21.8 Å². The molecule has 1 rings (SSSR count). The van der Waals surface area contributed by atoms with Crippen molar-refractivity contribution in [3.05, 3.63) is 0 Å². The van der Waals surface area contributed by atoms with Crippen LogP contribution in [0.25, 0.3) is 0 Å². The van der Waals surface area contributed by atoms with Gasteiger partial charge in [-0.25, -0.2) is 0 Å². The Morgan fingerprint density at radius 2 is 1.86 bits per heavy atom. The number of terminal acetylenes is 1. The second-order valence-electron chi connectivity index (χ2n) is 3.48. The fourth-order valence-corrected chi connectivity index (χ4v) is 1.28. The van der Waals surface area contributed by atoms with E-state index in [0.29, 0.717) is 0 Å². The molecule has 80 valence electrons. The highest BCUT2D eigenvalue weighted by Gasteiger charge is 2.25. The van der Waals surface area contributed by atoms with Crippen molar-refractivity contribution in [2.75, 3.05) is 0 Å². The molecule has 0 radical (unpaired) electrons. The van der Waals surface area contributed by atoms with Crippen LogP contribution in [0.3, 0.4) is 0 Å². The van der Waals surface area contributed by atoms with Crippen molar-refractivity contribution in [2.24, 2.45) is 0 Å². The van der Waals surface area contributed by atoms with Crippen LogP contribution in [-0.2, 0) is 4.79 Å². The molecule has 1 aliphatic rings. The fourth-order valence-electron chi connectivity index (χ4n) is 1.28. The number of carbonyl (C=O) groups is 1. The molecular weight excluding hydrogens is 180 g/mol. The lowest BCUT2D eigenvalue weighted by Crippen LogP contribution is -2.28. The predicted molar refractivity (Wildman–Crippen MR) is 54.8 cm³/mol. The average molecular weight is 198 g/mol. The lowest BCUT2D eigenvalue weighted by atomic mass is 9.86. The molecule has 0 aromatic heterocycles. The van der Waals surface area contributed by atoms with Gasteiger partial charge in [-0.2, -0.15) is 0 Å². The molecule has 0 heterocycles. The molecular formula is C11H18O3. The summed E-state index contributed by atoms with van der Waals surface area (Å²) in [5.41, 5.74) is -0.752. The molecule has 3 nitrogen and oxygen atoms in total. The van der Waals surface area contributed by atoms with E-state index < -0.39 is 11.6 Å². The van der Waals surface area contributed by atoms with Crippen molar-refractivity contribution in [2.45, 2.75) is 51.0 Å². The van der Waals surface area contributed by atoms with Gasteiger partial charge >= 0.3 is 5.97 Å². The van der Waals surface area contributed by atoms with Crippen molar-refractivity contribution in [3.63, 3.8) is 0 Å². The third kappa shape index (κ3) is 5.60. The maximum absolute atomic E-state index is 9.44. The van der Waals surface area contributed by atoms with Crippen LogP contribution >= 0.6 is 0 Å². The van der Waals surface area contributed by atoms with Crippen molar-refractivity contribution in [1.82, 2.24) is 0 Å². The lowest BCUT2D eigenvalue weighted by Gasteiger charge is -2.26. The van der Waals surface area contributed by atoms with E-state index in [9.17, 15) is 9.90 Å². The van der Waals surface area contributed by atoms with E-state index in [-0.39, 0.29) is 6.42 Å². The summed E-state index contributed by atoms with van der Waals surface area (Å²) in [5.74, 6) is 1.69. The number of aliphatic hydroxyl groups is 1. The molecule has 1 aliphatic carbocycles. The number of carboxylic acid groups (broad SMARTS) is 1. The summed E-state index contributed by atoms with van der Waals surface area (Å²) in [6.45, 7) is 1.60. The van der Waals surface area contributed by atoms with E-state index in [1.54, 1.807) is 6.92 Å². The molecule has 0 amide bonds. The second kappa shape index (κ2) is 6.44. The van der Waals surface area contributed by atoms with Crippen LogP contribution in [0.4, 0.5) is 0 Å². The number of rotatable bonds is 1. The molecule has 14 heavy (non-hydrogen) atoms. The second-order valence-corrected chi connectivity index (χ2v) is 3.48. The van der Waals surface area contributed by atoms with Gasteiger partial charge in [0.2, 0.25) is 0 Å². The minimum absolute atomic E-state index is 0.222. The van der Waals surface area contributed by atoms with Crippen molar-refractivity contribution in [3.8, 4) is 12.3 Å². The molecule has 0 spiro atoms. The first-order chi connectivity index (χ1) is 6.54. The van der Waals surface area contributed by atoms with E-state index in [1.165, 1.54) is 6.42 Å². The number of hydrogen-bond donors (Lipinski definition) is 2. The van der Waals surface area contributed by atoms with Crippen LogP contribution in [0.15, 0.2) is 0 Å². The predicted octanol–water partition coefficient (Wildman–Crippen LogP) is 1.80. The summed E-state index contributed by atoms with van der Waals surface area (Å²) in [5, 5.41) is 17.2. The summed E-state index contributed by atoms with van der Waals surface area (Å²) in [6, 6.07) is 0. The van der Waals surface area contributed by atoms with E-state index >= 15 is 0 Å². The van der Waals surface area contributed by atoms with Gasteiger partial charge in [-0.1, -0.05) is 19.3 Å². The third-order valence-corrected chi connectivity index (χ3v) is 2.25. The van der Waals surface area contributed by atoms with E-state index in [0.717, 1.165) is 25.7 Å². The van der Waals surface area contributed by atoms with Crippen molar-refractivity contribution >= 4 is 5.97 Å². The largest absolute Gasteiger partial charge is 0.481 e. The zero-order valence-corrected chi connectivity index (χ0v) is 8.62. The Balaban J connectivity index is 0.000000292. The minimum atomic E-state index is -0.752. The van der Waals surface area contributed by atoms with Gasteiger partial charge in [0.15, 0.2) is 0 Å². The Bertz CT molecular complexity index is 209. The first-order valence-corrected chi connectivity index (χ1v) is 4.96. The van der Waals surface area contributed by atoms with Crippen molar-refractivity contribution in [1.29, 1.82) is 0 Å². The third-order valence-electron chi connectivity index (χ3n) is 2.25. The Labute approximate surface area is 85.1 Å². The topological polar surface area (TPSA) is 57.5 Å². The average Bonchev–Trinajstić information content (AvgIpc) is 2.20. The van der Waals surface area contributed by atoms with Gasteiger partial charge < -0.3 is 10.2 Å². The van der Waals surface area contributed by atoms with Crippen LogP contribution in [0.5, 0.6) is 0 Å². The minimum Gasteiger partial charge on any atom is -0.481 e. The van der Waals surface area contributed by atoms with Crippen molar-refractivity contribution < 1.29 is 15.0 Å². The highest BCUT2D eigenvalue weighted by atomic mass is 16.4. The van der Waals surface area contributed by atoms with Crippen LogP contribution < -0.4 is 0 Å². The summed E-state index contributed by atoms with van der Waals surface area (Å²) >= 11 is 0.